The summed E-state index contributed by atoms with van der Waals surface area (Å²) in [5, 5.41) is 8.52. The Balaban J connectivity index is 0.000000810. The number of aromatic nitrogens is 2. The van der Waals surface area contributed by atoms with Crippen LogP contribution in [0.3, 0.4) is 0 Å². The zero-order valence-electron chi connectivity index (χ0n) is 4.78. The Kier molecular flexibility index (Phi) is 3.35. The lowest BCUT2D eigenvalue weighted by Gasteiger charge is -1.92. The first kappa shape index (κ1) is 8.84. The Morgan fingerprint density at radius 3 is 2.70 bits per heavy atom. The average molecular weight is 141 g/mol. The van der Waals surface area contributed by atoms with Gasteiger partial charge in [0.25, 0.3) is 0 Å². The molecule has 1 rings (SSSR count). The zero-order chi connectivity index (χ0) is 6.69. The third-order valence-electron chi connectivity index (χ3n) is 0.894. The van der Waals surface area contributed by atoms with Crippen molar-refractivity contribution in [3.8, 4) is 0 Å². The molecule has 4 heteroatoms. The van der Waals surface area contributed by atoms with Gasteiger partial charge in [0.1, 0.15) is 0 Å². The minimum absolute atomic E-state index is 0. The highest BCUT2D eigenvalue weighted by atomic mass is 16.3. The monoisotopic (exact) mass is 141 g/mol. The fourth-order valence-corrected chi connectivity index (χ4v) is 0.501. The molecule has 0 atom stereocenters. The SMILES string of the molecule is C.Nc1nccc(CO)n1. The molecule has 1 heterocycles. The molecule has 0 saturated heterocycles. The van der Waals surface area contributed by atoms with Gasteiger partial charge in [0, 0.05) is 6.20 Å². The Morgan fingerprint density at radius 1 is 1.60 bits per heavy atom. The van der Waals surface area contributed by atoms with Gasteiger partial charge < -0.3 is 10.8 Å². The van der Waals surface area contributed by atoms with Crippen molar-refractivity contribution < 1.29 is 5.11 Å². The number of rotatable bonds is 1. The summed E-state index contributed by atoms with van der Waals surface area (Å²) in [4.78, 5) is 7.35. The second-order valence-corrected chi connectivity index (χ2v) is 1.56. The first-order valence-corrected chi connectivity index (χ1v) is 2.51. The molecular weight excluding hydrogens is 130 g/mol. The van der Waals surface area contributed by atoms with E-state index in [0.29, 0.717) is 5.69 Å². The second-order valence-electron chi connectivity index (χ2n) is 1.56. The Labute approximate surface area is 59.7 Å². The number of aliphatic hydroxyl groups excluding tert-OH is 1. The topological polar surface area (TPSA) is 72.0 Å². The molecule has 0 aliphatic carbocycles. The molecule has 0 aromatic carbocycles. The molecule has 1 aromatic heterocycles. The molecule has 0 radical (unpaired) electrons. The van der Waals surface area contributed by atoms with E-state index >= 15 is 0 Å². The highest BCUT2D eigenvalue weighted by Gasteiger charge is 1.90. The standard InChI is InChI=1S/C5H7N3O.CH4/c6-5-7-2-1-4(3-9)8-5;/h1-2,9H,3H2,(H2,6,7,8);1H4. The summed E-state index contributed by atoms with van der Waals surface area (Å²) in [6, 6.07) is 1.61. The molecule has 0 unspecified atom stereocenters. The van der Waals surface area contributed by atoms with Gasteiger partial charge in [0.05, 0.1) is 12.3 Å². The fourth-order valence-electron chi connectivity index (χ4n) is 0.501. The number of nitrogens with zero attached hydrogens (tertiary/aromatic N) is 2. The van der Waals surface area contributed by atoms with Crippen LogP contribution in [0, 0.1) is 0 Å². The van der Waals surface area contributed by atoms with Crippen LogP contribution in [-0.4, -0.2) is 15.1 Å². The molecule has 0 amide bonds. The van der Waals surface area contributed by atoms with Gasteiger partial charge in [0.2, 0.25) is 5.95 Å². The highest BCUT2D eigenvalue weighted by molar-refractivity contribution is 5.16. The largest absolute Gasteiger partial charge is 0.390 e. The summed E-state index contributed by atoms with van der Waals surface area (Å²) in [5.41, 5.74) is 5.74. The summed E-state index contributed by atoms with van der Waals surface area (Å²) >= 11 is 0. The van der Waals surface area contributed by atoms with E-state index < -0.39 is 0 Å². The Bertz CT molecular complexity index is 202. The number of nitrogen functional groups attached to an aromatic ring is 1. The van der Waals surface area contributed by atoms with Gasteiger partial charge in [-0.25, -0.2) is 9.97 Å². The molecule has 4 nitrogen and oxygen atoms in total. The van der Waals surface area contributed by atoms with Gasteiger partial charge in [-0.2, -0.15) is 0 Å². The average Bonchev–Trinajstić information content (AvgIpc) is 1.88. The maximum atomic E-state index is 8.52. The lowest BCUT2D eigenvalue weighted by atomic mass is 10.4. The lowest BCUT2D eigenvalue weighted by Crippen LogP contribution is -1.97. The predicted molar refractivity (Wildman–Crippen MR) is 39.1 cm³/mol. The first-order valence-electron chi connectivity index (χ1n) is 2.51. The third kappa shape index (κ3) is 1.99. The lowest BCUT2D eigenvalue weighted by molar-refractivity contribution is 0.277. The molecule has 56 valence electrons. The van der Waals surface area contributed by atoms with E-state index in [2.05, 4.69) is 9.97 Å². The normalized spacial score (nSPS) is 8.50. The van der Waals surface area contributed by atoms with Crippen LogP contribution in [0.4, 0.5) is 5.95 Å². The fraction of sp³-hybridized carbons (Fsp3) is 0.333. The van der Waals surface area contributed by atoms with Crippen LogP contribution in [0.5, 0.6) is 0 Å². The summed E-state index contributed by atoms with van der Waals surface area (Å²) in [7, 11) is 0. The number of hydrogen-bond acceptors (Lipinski definition) is 4. The molecule has 0 saturated carbocycles. The van der Waals surface area contributed by atoms with Crippen molar-refractivity contribution in [1.29, 1.82) is 0 Å². The summed E-state index contributed by atoms with van der Waals surface area (Å²) in [5.74, 6) is 0.196. The molecule has 1 aromatic rings. The molecule has 0 spiro atoms. The van der Waals surface area contributed by atoms with Crippen molar-refractivity contribution >= 4 is 5.95 Å². The van der Waals surface area contributed by atoms with Gasteiger partial charge in [0.15, 0.2) is 0 Å². The van der Waals surface area contributed by atoms with Crippen LogP contribution in [0.25, 0.3) is 0 Å². The van der Waals surface area contributed by atoms with E-state index in [1.54, 1.807) is 6.07 Å². The summed E-state index contributed by atoms with van der Waals surface area (Å²) < 4.78 is 0. The van der Waals surface area contributed by atoms with Gasteiger partial charge in [-0.05, 0) is 6.07 Å². The van der Waals surface area contributed by atoms with Gasteiger partial charge in [-0.1, -0.05) is 7.43 Å². The number of nitrogens with two attached hydrogens (primary N) is 1. The van der Waals surface area contributed by atoms with Crippen LogP contribution in [-0.2, 0) is 6.61 Å². The molecule has 0 aliphatic heterocycles. The third-order valence-corrected chi connectivity index (χ3v) is 0.894. The van der Waals surface area contributed by atoms with E-state index in [0.717, 1.165) is 0 Å². The van der Waals surface area contributed by atoms with Crippen molar-refractivity contribution in [3.05, 3.63) is 18.0 Å². The molecule has 0 aliphatic rings. The van der Waals surface area contributed by atoms with Gasteiger partial charge in [-0.15, -0.1) is 0 Å². The van der Waals surface area contributed by atoms with Crippen LogP contribution >= 0.6 is 0 Å². The summed E-state index contributed by atoms with van der Waals surface area (Å²) in [6.45, 7) is -0.0906. The van der Waals surface area contributed by atoms with Gasteiger partial charge >= 0.3 is 0 Å². The number of aliphatic hydroxyl groups is 1. The predicted octanol–water partition coefficient (Wildman–Crippen LogP) is 0.187. The quantitative estimate of drug-likeness (QED) is 0.585. The second kappa shape index (κ2) is 3.79. The zero-order valence-corrected chi connectivity index (χ0v) is 4.78. The minimum atomic E-state index is -0.0906. The molecular formula is C6H11N3O. The van der Waals surface area contributed by atoms with Crippen molar-refractivity contribution in [1.82, 2.24) is 9.97 Å². The molecule has 10 heavy (non-hydrogen) atoms. The van der Waals surface area contributed by atoms with Crippen LogP contribution in [0.15, 0.2) is 12.3 Å². The van der Waals surface area contributed by atoms with Crippen molar-refractivity contribution in [2.75, 3.05) is 5.73 Å². The number of anilines is 1. The molecule has 0 bridgehead atoms. The molecule has 3 N–H and O–H groups in total. The maximum Gasteiger partial charge on any atom is 0.220 e. The first-order chi connectivity index (χ1) is 4.33. The maximum absolute atomic E-state index is 8.52. The summed E-state index contributed by atoms with van der Waals surface area (Å²) in [6.07, 6.45) is 1.51. The van der Waals surface area contributed by atoms with E-state index in [1.165, 1.54) is 6.20 Å². The van der Waals surface area contributed by atoms with E-state index in [9.17, 15) is 0 Å². The van der Waals surface area contributed by atoms with E-state index in [4.69, 9.17) is 10.8 Å². The van der Waals surface area contributed by atoms with Crippen molar-refractivity contribution in [3.63, 3.8) is 0 Å². The van der Waals surface area contributed by atoms with Gasteiger partial charge in [-0.3, -0.25) is 0 Å². The van der Waals surface area contributed by atoms with Crippen LogP contribution < -0.4 is 5.73 Å². The number of hydrogen-bond donors (Lipinski definition) is 2. The van der Waals surface area contributed by atoms with E-state index in [-0.39, 0.29) is 20.0 Å². The molecule has 0 fully saturated rings. The van der Waals surface area contributed by atoms with Crippen LogP contribution in [0.2, 0.25) is 0 Å². The van der Waals surface area contributed by atoms with Crippen molar-refractivity contribution in [2.24, 2.45) is 0 Å². The van der Waals surface area contributed by atoms with Crippen LogP contribution in [0.1, 0.15) is 13.1 Å². The smallest absolute Gasteiger partial charge is 0.220 e. The minimum Gasteiger partial charge on any atom is -0.390 e. The Morgan fingerprint density at radius 2 is 2.30 bits per heavy atom. The highest BCUT2D eigenvalue weighted by Crippen LogP contribution is 1.94. The van der Waals surface area contributed by atoms with Crippen molar-refractivity contribution in [2.45, 2.75) is 14.0 Å². The Hall–Kier alpha value is -1.16. The van der Waals surface area contributed by atoms with E-state index in [1.807, 2.05) is 0 Å².